The molecule has 2 aromatic carbocycles. The molecule has 1 aliphatic rings. The fraction of sp³-hybridized carbons (Fsp3) is 0.391. The Balaban J connectivity index is 1.56. The normalized spacial score (nSPS) is 18.8. The molecule has 0 saturated heterocycles. The van der Waals surface area contributed by atoms with Crippen molar-refractivity contribution in [2.75, 3.05) is 6.54 Å². The van der Waals surface area contributed by atoms with Crippen molar-refractivity contribution in [1.29, 1.82) is 0 Å². The molecule has 1 aliphatic carbocycles. The molecule has 2 N–H and O–H groups in total. The number of phenolic OH excluding ortho intramolecular Hbond substituents is 1. The standard InChI is InChI=1S/C23H27NO3/c1-14-5-10-17(25)11-18(14)21(26)13-24-22(27)20-12-19(20)15-6-8-16(9-7-15)23(2,3)4/h5-11,19-20,25H,12-13H2,1-4H3,(H,24,27). The quantitative estimate of drug-likeness (QED) is 0.784. The summed E-state index contributed by atoms with van der Waals surface area (Å²) in [4.78, 5) is 24.7. The fourth-order valence-electron chi connectivity index (χ4n) is 3.39. The maximum atomic E-state index is 12.4. The van der Waals surface area contributed by atoms with E-state index in [0.29, 0.717) is 5.56 Å². The van der Waals surface area contributed by atoms with E-state index in [-0.39, 0.29) is 41.2 Å². The van der Waals surface area contributed by atoms with Gasteiger partial charge in [0, 0.05) is 11.5 Å². The molecule has 4 heteroatoms. The Morgan fingerprint density at radius 2 is 1.78 bits per heavy atom. The summed E-state index contributed by atoms with van der Waals surface area (Å²) < 4.78 is 0. The Morgan fingerprint density at radius 3 is 2.41 bits per heavy atom. The van der Waals surface area contributed by atoms with Crippen LogP contribution in [-0.2, 0) is 10.2 Å². The second-order valence-corrected chi connectivity index (χ2v) is 8.46. The van der Waals surface area contributed by atoms with Crippen LogP contribution < -0.4 is 5.32 Å². The third-order valence-electron chi connectivity index (χ3n) is 5.28. The zero-order chi connectivity index (χ0) is 19.8. The summed E-state index contributed by atoms with van der Waals surface area (Å²) in [6.45, 7) is 8.31. The predicted molar refractivity (Wildman–Crippen MR) is 106 cm³/mol. The van der Waals surface area contributed by atoms with E-state index >= 15 is 0 Å². The molecule has 142 valence electrons. The van der Waals surface area contributed by atoms with Crippen LogP contribution in [-0.4, -0.2) is 23.3 Å². The zero-order valence-electron chi connectivity index (χ0n) is 16.4. The van der Waals surface area contributed by atoms with Gasteiger partial charge in [-0.2, -0.15) is 0 Å². The van der Waals surface area contributed by atoms with Gasteiger partial charge in [-0.25, -0.2) is 0 Å². The van der Waals surface area contributed by atoms with E-state index < -0.39 is 0 Å². The molecule has 0 radical (unpaired) electrons. The smallest absolute Gasteiger partial charge is 0.224 e. The number of carbonyl (C=O) groups is 2. The minimum Gasteiger partial charge on any atom is -0.508 e. The molecule has 1 fully saturated rings. The largest absolute Gasteiger partial charge is 0.508 e. The first-order valence-electron chi connectivity index (χ1n) is 9.38. The van der Waals surface area contributed by atoms with Crippen LogP contribution in [0.4, 0.5) is 0 Å². The Morgan fingerprint density at radius 1 is 1.11 bits per heavy atom. The van der Waals surface area contributed by atoms with Gasteiger partial charge in [-0.3, -0.25) is 9.59 Å². The van der Waals surface area contributed by atoms with E-state index in [4.69, 9.17) is 0 Å². The number of phenols is 1. The summed E-state index contributed by atoms with van der Waals surface area (Å²) in [6, 6.07) is 13.2. The number of carbonyl (C=O) groups excluding carboxylic acids is 2. The number of Topliss-reactive ketones (excluding diaryl/α,β-unsaturated/α-hetero) is 1. The van der Waals surface area contributed by atoms with Gasteiger partial charge in [-0.15, -0.1) is 0 Å². The van der Waals surface area contributed by atoms with Crippen LogP contribution in [0.2, 0.25) is 0 Å². The number of benzene rings is 2. The first kappa shape index (κ1) is 19.2. The highest BCUT2D eigenvalue weighted by molar-refractivity contribution is 6.01. The Bertz CT molecular complexity index is 862. The molecule has 0 spiro atoms. The minimum atomic E-state index is -0.191. The highest BCUT2D eigenvalue weighted by Gasteiger charge is 2.43. The van der Waals surface area contributed by atoms with Crippen LogP contribution in [0.3, 0.4) is 0 Å². The van der Waals surface area contributed by atoms with Crippen molar-refractivity contribution in [2.24, 2.45) is 5.92 Å². The van der Waals surface area contributed by atoms with Gasteiger partial charge in [0.1, 0.15) is 5.75 Å². The molecule has 1 amide bonds. The van der Waals surface area contributed by atoms with Crippen molar-refractivity contribution < 1.29 is 14.7 Å². The molecule has 2 unspecified atom stereocenters. The van der Waals surface area contributed by atoms with E-state index in [1.807, 2.05) is 6.92 Å². The molecule has 2 aromatic rings. The number of aryl methyl sites for hydroxylation is 1. The van der Waals surface area contributed by atoms with Gasteiger partial charge in [-0.05, 0) is 53.5 Å². The zero-order valence-corrected chi connectivity index (χ0v) is 16.4. The Kier molecular flexibility index (Phi) is 5.09. The van der Waals surface area contributed by atoms with Gasteiger partial charge in [0.2, 0.25) is 5.91 Å². The first-order chi connectivity index (χ1) is 12.7. The lowest BCUT2D eigenvalue weighted by molar-refractivity contribution is -0.122. The number of hydrogen-bond acceptors (Lipinski definition) is 3. The second kappa shape index (κ2) is 7.18. The maximum absolute atomic E-state index is 12.4. The molecule has 2 atom stereocenters. The monoisotopic (exact) mass is 365 g/mol. The summed E-state index contributed by atoms with van der Waals surface area (Å²) in [5.41, 5.74) is 3.80. The van der Waals surface area contributed by atoms with Gasteiger partial charge in [0.15, 0.2) is 5.78 Å². The molecular weight excluding hydrogens is 338 g/mol. The lowest BCUT2D eigenvalue weighted by Gasteiger charge is -2.19. The second-order valence-electron chi connectivity index (χ2n) is 8.46. The van der Waals surface area contributed by atoms with E-state index in [1.54, 1.807) is 12.1 Å². The number of amides is 1. The lowest BCUT2D eigenvalue weighted by Crippen LogP contribution is -2.31. The van der Waals surface area contributed by atoms with Crippen LogP contribution >= 0.6 is 0 Å². The molecule has 3 rings (SSSR count). The molecule has 27 heavy (non-hydrogen) atoms. The number of aromatic hydroxyl groups is 1. The number of hydrogen-bond donors (Lipinski definition) is 2. The highest BCUT2D eigenvalue weighted by atomic mass is 16.3. The number of nitrogens with one attached hydrogen (secondary N) is 1. The average Bonchev–Trinajstić information content (AvgIpc) is 3.41. The Hall–Kier alpha value is -2.62. The minimum absolute atomic E-state index is 0.0463. The SMILES string of the molecule is Cc1ccc(O)cc1C(=O)CNC(=O)C1CC1c1ccc(C(C)(C)C)cc1. The van der Waals surface area contributed by atoms with Gasteiger partial charge in [0.05, 0.1) is 6.54 Å². The van der Waals surface area contributed by atoms with Crippen LogP contribution in [0.5, 0.6) is 5.75 Å². The van der Waals surface area contributed by atoms with Gasteiger partial charge >= 0.3 is 0 Å². The summed E-state index contributed by atoms with van der Waals surface area (Å²) >= 11 is 0. The molecule has 0 aromatic heterocycles. The molecular formula is C23H27NO3. The summed E-state index contributed by atoms with van der Waals surface area (Å²) in [5.74, 6) is -0.0500. The van der Waals surface area contributed by atoms with Crippen molar-refractivity contribution in [3.05, 3.63) is 64.7 Å². The topological polar surface area (TPSA) is 66.4 Å². The number of rotatable bonds is 5. The van der Waals surface area contributed by atoms with Crippen molar-refractivity contribution in [3.63, 3.8) is 0 Å². The summed E-state index contributed by atoms with van der Waals surface area (Å²) in [7, 11) is 0. The van der Waals surface area contributed by atoms with Crippen molar-refractivity contribution in [3.8, 4) is 5.75 Å². The van der Waals surface area contributed by atoms with Crippen LogP contribution in [0.15, 0.2) is 42.5 Å². The maximum Gasteiger partial charge on any atom is 0.224 e. The van der Waals surface area contributed by atoms with Crippen LogP contribution in [0.25, 0.3) is 0 Å². The van der Waals surface area contributed by atoms with Crippen molar-refractivity contribution in [1.82, 2.24) is 5.32 Å². The summed E-state index contributed by atoms with van der Waals surface area (Å²) in [5, 5.41) is 12.3. The molecule has 1 saturated carbocycles. The van der Waals surface area contributed by atoms with Gasteiger partial charge in [-0.1, -0.05) is 51.1 Å². The first-order valence-corrected chi connectivity index (χ1v) is 9.38. The summed E-state index contributed by atoms with van der Waals surface area (Å²) in [6.07, 6.45) is 0.819. The van der Waals surface area contributed by atoms with E-state index in [2.05, 4.69) is 50.4 Å². The lowest BCUT2D eigenvalue weighted by atomic mass is 9.86. The average molecular weight is 365 g/mol. The highest BCUT2D eigenvalue weighted by Crippen LogP contribution is 2.47. The molecule has 0 bridgehead atoms. The van der Waals surface area contributed by atoms with Gasteiger partial charge in [0.25, 0.3) is 0 Å². The van der Waals surface area contributed by atoms with Crippen molar-refractivity contribution >= 4 is 11.7 Å². The van der Waals surface area contributed by atoms with E-state index in [9.17, 15) is 14.7 Å². The Labute approximate surface area is 160 Å². The van der Waals surface area contributed by atoms with Crippen LogP contribution in [0.1, 0.15) is 60.2 Å². The number of ketones is 1. The van der Waals surface area contributed by atoms with Crippen LogP contribution in [0, 0.1) is 12.8 Å². The third-order valence-corrected chi connectivity index (χ3v) is 5.28. The fourth-order valence-corrected chi connectivity index (χ4v) is 3.39. The van der Waals surface area contributed by atoms with Crippen molar-refractivity contribution in [2.45, 2.75) is 45.4 Å². The third kappa shape index (κ3) is 4.38. The molecule has 0 heterocycles. The molecule has 4 nitrogen and oxygen atoms in total. The van der Waals surface area contributed by atoms with E-state index in [1.165, 1.54) is 17.2 Å². The van der Waals surface area contributed by atoms with E-state index in [0.717, 1.165) is 12.0 Å². The molecule has 0 aliphatic heterocycles. The van der Waals surface area contributed by atoms with Gasteiger partial charge < -0.3 is 10.4 Å². The predicted octanol–water partition coefficient (Wildman–Crippen LogP) is 4.10.